The monoisotopic (exact) mass is 342 g/mol. The van der Waals surface area contributed by atoms with Gasteiger partial charge >= 0.3 is 0 Å². The largest absolute Gasteiger partial charge is 0.491 e. The second-order valence-electron chi connectivity index (χ2n) is 6.76. The summed E-state index contributed by atoms with van der Waals surface area (Å²) in [4.78, 5) is 15.0. The fourth-order valence-electron chi connectivity index (χ4n) is 3.25. The predicted octanol–water partition coefficient (Wildman–Crippen LogP) is 2.30. The van der Waals surface area contributed by atoms with Gasteiger partial charge in [-0.05, 0) is 38.5 Å². The van der Waals surface area contributed by atoms with E-state index in [1.807, 2.05) is 57.0 Å². The smallest absolute Gasteiger partial charge is 0.257 e. The van der Waals surface area contributed by atoms with Crippen LogP contribution in [0.5, 0.6) is 5.75 Å². The number of aromatic nitrogens is 2. The number of hydrogen-bond donors (Lipinski definition) is 1. The Kier molecular flexibility index (Phi) is 5.08. The summed E-state index contributed by atoms with van der Waals surface area (Å²) in [5.74, 6) is 0.892. The first-order valence-corrected chi connectivity index (χ1v) is 8.74. The minimum Gasteiger partial charge on any atom is -0.491 e. The zero-order chi connectivity index (χ0) is 18.0. The summed E-state index contributed by atoms with van der Waals surface area (Å²) in [6, 6.07) is 8.05. The van der Waals surface area contributed by atoms with Gasteiger partial charge in [-0.15, -0.1) is 0 Å². The zero-order valence-electron chi connectivity index (χ0n) is 15.3. The van der Waals surface area contributed by atoms with Crippen molar-refractivity contribution < 1.29 is 9.53 Å². The fraction of sp³-hybridized carbons (Fsp3) is 0.474. The van der Waals surface area contributed by atoms with Gasteiger partial charge in [0.05, 0.1) is 23.4 Å². The van der Waals surface area contributed by atoms with Gasteiger partial charge in [0.1, 0.15) is 5.75 Å². The lowest BCUT2D eigenvalue weighted by atomic mass is 10.0. The van der Waals surface area contributed by atoms with E-state index in [1.54, 1.807) is 10.9 Å². The van der Waals surface area contributed by atoms with Gasteiger partial charge in [0.25, 0.3) is 5.91 Å². The van der Waals surface area contributed by atoms with Crippen molar-refractivity contribution in [3.05, 3.63) is 47.3 Å². The number of carbonyl (C=O) groups is 1. The van der Waals surface area contributed by atoms with E-state index >= 15 is 0 Å². The number of piperazine rings is 1. The van der Waals surface area contributed by atoms with E-state index in [-0.39, 0.29) is 18.1 Å². The summed E-state index contributed by atoms with van der Waals surface area (Å²) in [5, 5.41) is 7.69. The van der Waals surface area contributed by atoms with Crippen LogP contribution in [0.15, 0.2) is 30.5 Å². The average Bonchev–Trinajstić information content (AvgIpc) is 2.93. The molecule has 0 saturated carbocycles. The molecule has 3 rings (SSSR count). The predicted molar refractivity (Wildman–Crippen MR) is 96.8 cm³/mol. The van der Waals surface area contributed by atoms with Crippen molar-refractivity contribution in [1.82, 2.24) is 20.0 Å². The van der Waals surface area contributed by atoms with Crippen LogP contribution in [0.25, 0.3) is 0 Å². The number of carbonyl (C=O) groups excluding carboxylic acids is 1. The maximum absolute atomic E-state index is 13.1. The molecule has 134 valence electrons. The first-order valence-electron chi connectivity index (χ1n) is 8.74. The number of benzene rings is 1. The quantitative estimate of drug-likeness (QED) is 0.926. The third-order valence-electron chi connectivity index (χ3n) is 4.38. The molecule has 1 N–H and O–H groups in total. The van der Waals surface area contributed by atoms with E-state index in [1.165, 1.54) is 0 Å². The molecule has 1 aliphatic rings. The third-order valence-corrected chi connectivity index (χ3v) is 4.38. The first kappa shape index (κ1) is 17.5. The van der Waals surface area contributed by atoms with Crippen LogP contribution < -0.4 is 10.1 Å². The van der Waals surface area contributed by atoms with Gasteiger partial charge in [-0.1, -0.05) is 12.1 Å². The molecule has 1 aliphatic heterocycles. The van der Waals surface area contributed by atoms with Crippen molar-refractivity contribution in [3.63, 3.8) is 0 Å². The molecule has 2 aromatic rings. The number of nitrogens with one attached hydrogen (secondary N) is 1. The molecule has 0 aliphatic carbocycles. The average molecular weight is 342 g/mol. The molecule has 6 nitrogen and oxygen atoms in total. The highest BCUT2D eigenvalue weighted by molar-refractivity contribution is 5.95. The van der Waals surface area contributed by atoms with E-state index in [9.17, 15) is 4.79 Å². The van der Waals surface area contributed by atoms with Crippen LogP contribution >= 0.6 is 0 Å². The molecule has 1 amide bonds. The molecule has 0 radical (unpaired) electrons. The van der Waals surface area contributed by atoms with Crippen molar-refractivity contribution in [2.45, 2.75) is 32.9 Å². The van der Waals surface area contributed by atoms with E-state index in [0.717, 1.165) is 30.1 Å². The summed E-state index contributed by atoms with van der Waals surface area (Å²) in [6.07, 6.45) is 1.95. The number of hydrogen-bond acceptors (Lipinski definition) is 4. The van der Waals surface area contributed by atoms with E-state index in [0.29, 0.717) is 12.1 Å². The van der Waals surface area contributed by atoms with Crippen LogP contribution in [-0.4, -0.2) is 46.3 Å². The minimum absolute atomic E-state index is 0.00829. The van der Waals surface area contributed by atoms with Gasteiger partial charge in [-0.2, -0.15) is 5.10 Å². The highest BCUT2D eigenvalue weighted by Gasteiger charge is 2.30. The van der Waals surface area contributed by atoms with Crippen molar-refractivity contribution in [3.8, 4) is 5.75 Å². The molecule has 0 spiro atoms. The summed E-state index contributed by atoms with van der Waals surface area (Å²) < 4.78 is 7.40. The molecular weight excluding hydrogens is 316 g/mol. The third kappa shape index (κ3) is 3.85. The highest BCUT2D eigenvalue weighted by atomic mass is 16.5. The molecule has 0 bridgehead atoms. The van der Waals surface area contributed by atoms with E-state index < -0.39 is 0 Å². The molecule has 25 heavy (non-hydrogen) atoms. The number of ether oxygens (including phenoxy) is 1. The van der Waals surface area contributed by atoms with Gasteiger partial charge in [0.2, 0.25) is 0 Å². The molecule has 1 fully saturated rings. The number of nitrogens with zero attached hydrogens (tertiary/aromatic N) is 3. The zero-order valence-corrected chi connectivity index (χ0v) is 15.3. The van der Waals surface area contributed by atoms with Crippen molar-refractivity contribution in [2.75, 3.05) is 19.6 Å². The topological polar surface area (TPSA) is 59.4 Å². The molecule has 1 aromatic carbocycles. The van der Waals surface area contributed by atoms with Crippen LogP contribution in [0, 0.1) is 6.92 Å². The maximum atomic E-state index is 13.1. The Balaban J connectivity index is 1.83. The number of rotatable bonds is 4. The second kappa shape index (κ2) is 7.27. The Hall–Kier alpha value is -2.34. The van der Waals surface area contributed by atoms with Crippen LogP contribution in [0.3, 0.4) is 0 Å². The Bertz CT molecular complexity index is 736. The lowest BCUT2D eigenvalue weighted by molar-refractivity contribution is 0.0633. The molecule has 6 heteroatoms. The molecule has 2 heterocycles. The van der Waals surface area contributed by atoms with Crippen LogP contribution in [0.1, 0.15) is 41.5 Å². The SMILES string of the molecule is Cc1nn(C)cc1C(=O)N1CCNCC1c1ccc(OC(C)C)cc1. The molecular formula is C19H26N4O2. The van der Waals surface area contributed by atoms with Gasteiger partial charge in [0, 0.05) is 32.9 Å². The normalized spacial score (nSPS) is 17.8. The second-order valence-corrected chi connectivity index (χ2v) is 6.76. The van der Waals surface area contributed by atoms with Crippen LogP contribution in [-0.2, 0) is 7.05 Å². The Morgan fingerprint density at radius 1 is 1.32 bits per heavy atom. The summed E-state index contributed by atoms with van der Waals surface area (Å²) >= 11 is 0. The van der Waals surface area contributed by atoms with Gasteiger partial charge in [-0.25, -0.2) is 0 Å². The highest BCUT2D eigenvalue weighted by Crippen LogP contribution is 2.26. The van der Waals surface area contributed by atoms with Crippen molar-refractivity contribution in [1.29, 1.82) is 0 Å². The van der Waals surface area contributed by atoms with Crippen LogP contribution in [0.4, 0.5) is 0 Å². The van der Waals surface area contributed by atoms with Crippen LogP contribution in [0.2, 0.25) is 0 Å². The first-order chi connectivity index (χ1) is 12.0. The summed E-state index contributed by atoms with van der Waals surface area (Å²) in [5.41, 5.74) is 2.55. The standard InChI is InChI=1S/C19H26N4O2/c1-13(2)25-16-7-5-15(6-8-16)18-11-20-9-10-23(18)19(24)17-12-22(4)21-14(17)3/h5-8,12-13,18,20H,9-11H2,1-4H3. The van der Waals surface area contributed by atoms with Crippen molar-refractivity contribution in [2.24, 2.45) is 7.05 Å². The summed E-state index contributed by atoms with van der Waals surface area (Å²) in [6.45, 7) is 8.13. The van der Waals surface area contributed by atoms with E-state index in [4.69, 9.17) is 4.74 Å². The Morgan fingerprint density at radius 3 is 2.64 bits per heavy atom. The molecule has 1 unspecified atom stereocenters. The van der Waals surface area contributed by atoms with Gasteiger partial charge in [0.15, 0.2) is 0 Å². The lowest BCUT2D eigenvalue weighted by Crippen LogP contribution is -2.48. The number of amides is 1. The molecule has 1 atom stereocenters. The van der Waals surface area contributed by atoms with E-state index in [2.05, 4.69) is 10.4 Å². The molecule has 1 saturated heterocycles. The summed E-state index contributed by atoms with van der Waals surface area (Å²) in [7, 11) is 1.84. The fourth-order valence-corrected chi connectivity index (χ4v) is 3.25. The lowest BCUT2D eigenvalue weighted by Gasteiger charge is -2.36. The van der Waals surface area contributed by atoms with Gasteiger partial charge in [-0.3, -0.25) is 9.48 Å². The van der Waals surface area contributed by atoms with Crippen molar-refractivity contribution >= 4 is 5.91 Å². The Morgan fingerprint density at radius 2 is 2.04 bits per heavy atom. The Labute approximate surface area is 148 Å². The number of aryl methyl sites for hydroxylation is 2. The maximum Gasteiger partial charge on any atom is 0.257 e. The molecule has 1 aromatic heterocycles. The minimum atomic E-state index is 0.00829. The van der Waals surface area contributed by atoms with Gasteiger partial charge < -0.3 is 15.0 Å².